The van der Waals surface area contributed by atoms with Gasteiger partial charge in [0, 0.05) is 10.9 Å². The summed E-state index contributed by atoms with van der Waals surface area (Å²) in [5.74, 6) is 0.0256. The number of thiophene rings is 1. The number of carboxylic acids is 1. The molecule has 2 unspecified atom stereocenters. The number of aliphatic carboxylic acids is 1. The van der Waals surface area contributed by atoms with Gasteiger partial charge < -0.3 is 10.4 Å². The number of anilines is 1. The number of rotatable bonds is 4. The molecule has 0 aromatic carbocycles. The fourth-order valence-electron chi connectivity index (χ4n) is 3.01. The second-order valence-corrected chi connectivity index (χ2v) is 6.93. The largest absolute Gasteiger partial charge is 0.481 e. The Hall–Kier alpha value is -1.69. The Balaban J connectivity index is 1.94. The van der Waals surface area contributed by atoms with E-state index in [9.17, 15) is 9.90 Å². The molecule has 0 spiro atoms. The molecule has 1 aliphatic rings. The molecule has 0 radical (unpaired) electrons. The molecule has 1 saturated carbocycles. The Kier molecular flexibility index (Phi) is 3.57. The highest BCUT2D eigenvalue weighted by Gasteiger charge is 2.45. The van der Waals surface area contributed by atoms with Crippen molar-refractivity contribution in [2.24, 2.45) is 5.41 Å². The second kappa shape index (κ2) is 5.26. The molecule has 2 heterocycles. The number of nitrogens with one attached hydrogen (secondary N) is 1. The number of carbonyl (C=O) groups is 1. The molecule has 21 heavy (non-hydrogen) atoms. The third kappa shape index (κ3) is 2.37. The lowest BCUT2D eigenvalue weighted by molar-refractivity contribution is -0.147. The number of fused-ring (bicyclic) bond motifs is 1. The normalized spacial score (nSPS) is 25.3. The van der Waals surface area contributed by atoms with Crippen molar-refractivity contribution in [1.29, 1.82) is 0 Å². The lowest BCUT2D eigenvalue weighted by atomic mass is 9.85. The minimum absolute atomic E-state index is 0.0851. The van der Waals surface area contributed by atoms with Gasteiger partial charge in [-0.25, -0.2) is 9.97 Å². The zero-order valence-electron chi connectivity index (χ0n) is 12.2. The van der Waals surface area contributed by atoms with Gasteiger partial charge in [-0.15, -0.1) is 11.3 Å². The first kappa shape index (κ1) is 14.3. The topological polar surface area (TPSA) is 75.1 Å². The van der Waals surface area contributed by atoms with Gasteiger partial charge in [-0.2, -0.15) is 0 Å². The van der Waals surface area contributed by atoms with Crippen LogP contribution in [-0.2, 0) is 11.2 Å². The summed E-state index contributed by atoms with van der Waals surface area (Å²) >= 11 is 1.67. The maximum atomic E-state index is 11.6. The van der Waals surface area contributed by atoms with Crippen LogP contribution in [0.4, 0.5) is 5.82 Å². The molecular weight excluding hydrogens is 286 g/mol. The summed E-state index contributed by atoms with van der Waals surface area (Å²) in [5.41, 5.74) is -0.721. The maximum Gasteiger partial charge on any atom is 0.311 e. The van der Waals surface area contributed by atoms with Gasteiger partial charge >= 0.3 is 5.97 Å². The smallest absolute Gasteiger partial charge is 0.311 e. The van der Waals surface area contributed by atoms with Gasteiger partial charge in [0.1, 0.15) is 17.0 Å². The lowest BCUT2D eigenvalue weighted by Gasteiger charge is -2.28. The number of hydrogen-bond donors (Lipinski definition) is 2. The molecule has 6 heteroatoms. The minimum Gasteiger partial charge on any atom is -0.481 e. The average Bonchev–Trinajstić information content (AvgIpc) is 3.04. The summed E-state index contributed by atoms with van der Waals surface area (Å²) in [6.07, 6.45) is 5.01. The molecule has 2 N–H and O–H groups in total. The first-order valence-corrected chi connectivity index (χ1v) is 8.09. The fourth-order valence-corrected chi connectivity index (χ4v) is 3.95. The molecule has 2 aromatic heterocycles. The SMILES string of the molecule is CCc1cc2c(NC3CCCC3(C)C(=O)O)ncnc2s1. The Morgan fingerprint density at radius 2 is 2.38 bits per heavy atom. The van der Waals surface area contributed by atoms with Crippen molar-refractivity contribution < 1.29 is 9.90 Å². The third-order valence-electron chi connectivity index (χ3n) is 4.49. The average molecular weight is 305 g/mol. The summed E-state index contributed by atoms with van der Waals surface area (Å²) in [6.45, 7) is 3.94. The highest BCUT2D eigenvalue weighted by Crippen LogP contribution is 2.40. The summed E-state index contributed by atoms with van der Waals surface area (Å²) in [4.78, 5) is 22.4. The summed E-state index contributed by atoms with van der Waals surface area (Å²) < 4.78 is 0. The molecule has 3 rings (SSSR count). The second-order valence-electron chi connectivity index (χ2n) is 5.82. The van der Waals surface area contributed by atoms with Crippen LogP contribution in [0.25, 0.3) is 10.2 Å². The Morgan fingerprint density at radius 1 is 1.57 bits per heavy atom. The molecule has 1 fully saturated rings. The molecule has 0 saturated heterocycles. The van der Waals surface area contributed by atoms with E-state index in [-0.39, 0.29) is 6.04 Å². The molecular formula is C15H19N3O2S. The van der Waals surface area contributed by atoms with E-state index in [2.05, 4.69) is 28.3 Å². The van der Waals surface area contributed by atoms with Crippen molar-refractivity contribution in [1.82, 2.24) is 9.97 Å². The third-order valence-corrected chi connectivity index (χ3v) is 5.67. The first-order chi connectivity index (χ1) is 10.0. The molecule has 5 nitrogen and oxygen atoms in total. The highest BCUT2D eigenvalue weighted by molar-refractivity contribution is 7.18. The predicted molar refractivity (Wildman–Crippen MR) is 83.8 cm³/mol. The van der Waals surface area contributed by atoms with E-state index in [1.54, 1.807) is 17.7 Å². The van der Waals surface area contributed by atoms with Gasteiger partial charge in [-0.1, -0.05) is 13.3 Å². The Morgan fingerprint density at radius 3 is 3.10 bits per heavy atom. The molecule has 112 valence electrons. The molecule has 1 aliphatic carbocycles. The van der Waals surface area contributed by atoms with Crippen LogP contribution in [0.2, 0.25) is 0 Å². The molecule has 0 aliphatic heterocycles. The number of carboxylic acid groups (broad SMARTS) is 1. The van der Waals surface area contributed by atoms with E-state index in [1.807, 2.05) is 6.92 Å². The van der Waals surface area contributed by atoms with Crippen LogP contribution in [0.15, 0.2) is 12.4 Å². The number of hydrogen-bond acceptors (Lipinski definition) is 5. The zero-order chi connectivity index (χ0) is 15.0. The highest BCUT2D eigenvalue weighted by atomic mass is 32.1. The van der Waals surface area contributed by atoms with Crippen molar-refractivity contribution in [3.8, 4) is 0 Å². The fraction of sp³-hybridized carbons (Fsp3) is 0.533. The maximum absolute atomic E-state index is 11.6. The lowest BCUT2D eigenvalue weighted by Crippen LogP contribution is -2.40. The molecule has 0 bridgehead atoms. The van der Waals surface area contributed by atoms with Gasteiger partial charge in [-0.3, -0.25) is 4.79 Å². The minimum atomic E-state index is -0.734. The van der Waals surface area contributed by atoms with E-state index in [0.717, 1.165) is 35.3 Å². The first-order valence-electron chi connectivity index (χ1n) is 7.28. The van der Waals surface area contributed by atoms with E-state index in [4.69, 9.17) is 0 Å². The summed E-state index contributed by atoms with van der Waals surface area (Å²) in [5, 5.41) is 13.9. The van der Waals surface area contributed by atoms with Gasteiger partial charge in [0.25, 0.3) is 0 Å². The monoisotopic (exact) mass is 305 g/mol. The van der Waals surface area contributed by atoms with Crippen molar-refractivity contribution in [2.45, 2.75) is 45.6 Å². The van der Waals surface area contributed by atoms with Crippen molar-refractivity contribution >= 4 is 33.3 Å². The van der Waals surface area contributed by atoms with Crippen molar-refractivity contribution in [3.63, 3.8) is 0 Å². The van der Waals surface area contributed by atoms with Crippen molar-refractivity contribution in [3.05, 3.63) is 17.3 Å². The van der Waals surface area contributed by atoms with Crippen LogP contribution in [0.1, 0.15) is 38.0 Å². The summed E-state index contributed by atoms with van der Waals surface area (Å²) in [6, 6.07) is 2.02. The van der Waals surface area contributed by atoms with Crippen LogP contribution < -0.4 is 5.32 Å². The van der Waals surface area contributed by atoms with Gasteiger partial charge in [0.15, 0.2) is 0 Å². The van der Waals surface area contributed by atoms with E-state index >= 15 is 0 Å². The molecule has 0 amide bonds. The predicted octanol–water partition coefficient (Wildman–Crippen LogP) is 3.31. The Bertz CT molecular complexity index is 685. The van der Waals surface area contributed by atoms with Crippen molar-refractivity contribution in [2.75, 3.05) is 5.32 Å². The van der Waals surface area contributed by atoms with Crippen LogP contribution in [0.3, 0.4) is 0 Å². The molecule has 2 aromatic rings. The van der Waals surface area contributed by atoms with E-state index < -0.39 is 11.4 Å². The van der Waals surface area contributed by atoms with Crippen LogP contribution in [0, 0.1) is 5.41 Å². The van der Waals surface area contributed by atoms with Crippen LogP contribution >= 0.6 is 11.3 Å². The molecule has 2 atom stereocenters. The van der Waals surface area contributed by atoms with Gasteiger partial charge in [0.2, 0.25) is 0 Å². The zero-order valence-corrected chi connectivity index (χ0v) is 13.0. The van der Waals surface area contributed by atoms with E-state index in [1.165, 1.54) is 4.88 Å². The summed E-state index contributed by atoms with van der Waals surface area (Å²) in [7, 11) is 0. The standard InChI is InChI=1S/C15H19N3O2S/c1-3-9-7-10-12(16-8-17-13(10)21-9)18-11-5-4-6-15(11,2)14(19)20/h7-8,11H,3-6H2,1-2H3,(H,19,20)(H,16,17,18). The number of aromatic nitrogens is 2. The Labute approximate surface area is 127 Å². The number of nitrogens with zero attached hydrogens (tertiary/aromatic N) is 2. The van der Waals surface area contributed by atoms with Crippen LogP contribution in [-0.4, -0.2) is 27.1 Å². The quantitative estimate of drug-likeness (QED) is 0.906. The van der Waals surface area contributed by atoms with E-state index in [0.29, 0.717) is 6.42 Å². The van der Waals surface area contributed by atoms with Gasteiger partial charge in [-0.05, 0) is 32.3 Å². The number of aryl methyl sites for hydroxylation is 1. The van der Waals surface area contributed by atoms with Gasteiger partial charge in [0.05, 0.1) is 10.8 Å². The van der Waals surface area contributed by atoms with Crippen LogP contribution in [0.5, 0.6) is 0 Å².